The van der Waals surface area contributed by atoms with Crippen LogP contribution >= 0.6 is 0 Å². The number of aliphatic hydroxyl groups excluding tert-OH is 3. The Kier molecular flexibility index (Phi) is 3.02. The van der Waals surface area contributed by atoms with Gasteiger partial charge in [0.25, 0.3) is 0 Å². The van der Waals surface area contributed by atoms with E-state index >= 15 is 0 Å². The molecule has 0 amide bonds. The lowest BCUT2D eigenvalue weighted by atomic mass is 9.93. The number of para-hydroxylation sites is 1. The zero-order chi connectivity index (χ0) is 13.4. The van der Waals surface area contributed by atoms with Crippen LogP contribution in [-0.2, 0) is 0 Å². The number of hydrogen-bond acceptors (Lipinski definition) is 5. The maximum atomic E-state index is 9.85. The Bertz CT molecular complexity index is 604. The maximum Gasteiger partial charge on any atom is 0.121 e. The van der Waals surface area contributed by atoms with E-state index in [0.717, 1.165) is 16.8 Å². The average molecular weight is 258 g/mol. The summed E-state index contributed by atoms with van der Waals surface area (Å²) in [7, 11) is 0. The minimum Gasteiger partial charge on any atom is -0.394 e. The van der Waals surface area contributed by atoms with Gasteiger partial charge in [-0.25, -0.2) is 4.99 Å². The monoisotopic (exact) mass is 258 g/mol. The van der Waals surface area contributed by atoms with Crippen molar-refractivity contribution in [2.45, 2.75) is 12.1 Å². The summed E-state index contributed by atoms with van der Waals surface area (Å²) in [6.45, 7) is -0.555. The number of aliphatic imine (C=N–C) groups is 2. The van der Waals surface area contributed by atoms with Crippen LogP contribution in [0.2, 0.25) is 0 Å². The van der Waals surface area contributed by atoms with Crippen LogP contribution in [-0.4, -0.2) is 52.1 Å². The molecule has 19 heavy (non-hydrogen) atoms. The van der Waals surface area contributed by atoms with Crippen LogP contribution in [0.1, 0.15) is 5.56 Å². The largest absolute Gasteiger partial charge is 0.394 e. The molecule has 3 rings (SSSR count). The molecular formula is C14H14N2O3. The van der Waals surface area contributed by atoms with Crippen LogP contribution in [0.4, 0.5) is 5.69 Å². The standard InChI is InChI=1S/C14H14N2O3/c17-6-8-5-10-9-3-1-2-4-11(9)16-13(10)14(15-8)12(19)7-18/h1-5,8,12,17-19H,6-7H2. The fraction of sp³-hybridized carbons (Fsp3) is 0.286. The van der Waals surface area contributed by atoms with Crippen LogP contribution < -0.4 is 0 Å². The second kappa shape index (κ2) is 4.70. The first-order valence-electron chi connectivity index (χ1n) is 6.12. The van der Waals surface area contributed by atoms with Gasteiger partial charge in [0.1, 0.15) is 6.10 Å². The number of allylic oxidation sites excluding steroid dienone is 1. The highest BCUT2D eigenvalue weighted by Crippen LogP contribution is 2.37. The van der Waals surface area contributed by atoms with Crippen LogP contribution in [0.15, 0.2) is 40.3 Å². The summed E-state index contributed by atoms with van der Waals surface area (Å²) in [5.74, 6) is 0. The quantitative estimate of drug-likeness (QED) is 0.730. The average Bonchev–Trinajstić information content (AvgIpc) is 2.84. The third-order valence-electron chi connectivity index (χ3n) is 3.26. The summed E-state index contributed by atoms with van der Waals surface area (Å²) in [5, 5.41) is 28.3. The second-order valence-corrected chi connectivity index (χ2v) is 4.52. The van der Waals surface area contributed by atoms with Crippen molar-refractivity contribution in [2.75, 3.05) is 13.2 Å². The molecule has 0 saturated carbocycles. The predicted octanol–water partition coefficient (Wildman–Crippen LogP) is 0.325. The number of aliphatic hydroxyl groups is 3. The van der Waals surface area contributed by atoms with Crippen molar-refractivity contribution >= 4 is 22.7 Å². The molecule has 2 atom stereocenters. The van der Waals surface area contributed by atoms with E-state index in [0.29, 0.717) is 11.4 Å². The molecule has 0 spiro atoms. The number of benzene rings is 1. The molecule has 0 radical (unpaired) electrons. The molecule has 0 aromatic heterocycles. The fourth-order valence-corrected chi connectivity index (χ4v) is 2.36. The van der Waals surface area contributed by atoms with E-state index in [9.17, 15) is 10.2 Å². The van der Waals surface area contributed by atoms with Crippen molar-refractivity contribution < 1.29 is 15.3 Å². The Labute approximate surface area is 110 Å². The molecule has 5 heteroatoms. The zero-order valence-electron chi connectivity index (χ0n) is 10.2. The Hall–Kier alpha value is -1.82. The van der Waals surface area contributed by atoms with Gasteiger partial charge in [-0.15, -0.1) is 0 Å². The Morgan fingerprint density at radius 2 is 2.00 bits per heavy atom. The minimum absolute atomic E-state index is 0.138. The van der Waals surface area contributed by atoms with Crippen molar-refractivity contribution in [1.82, 2.24) is 0 Å². The molecule has 0 saturated heterocycles. The van der Waals surface area contributed by atoms with Crippen LogP contribution in [0.5, 0.6) is 0 Å². The second-order valence-electron chi connectivity index (χ2n) is 4.52. The SMILES string of the molecule is OCC1C=C2C(=Nc3ccccc32)C(C(O)CO)=N1. The van der Waals surface area contributed by atoms with E-state index in [1.165, 1.54) is 0 Å². The first-order chi connectivity index (χ1) is 9.24. The number of rotatable bonds is 3. The molecule has 1 aromatic carbocycles. The number of hydrogen-bond donors (Lipinski definition) is 3. The van der Waals surface area contributed by atoms with E-state index in [4.69, 9.17) is 5.11 Å². The molecule has 1 aromatic rings. The van der Waals surface area contributed by atoms with Crippen molar-refractivity contribution in [1.29, 1.82) is 0 Å². The molecule has 98 valence electrons. The third kappa shape index (κ3) is 1.92. The fourth-order valence-electron chi connectivity index (χ4n) is 2.36. The van der Waals surface area contributed by atoms with Crippen LogP contribution in [0.25, 0.3) is 5.57 Å². The van der Waals surface area contributed by atoms with Gasteiger partial charge in [0.05, 0.1) is 36.4 Å². The molecule has 0 bridgehead atoms. The molecule has 2 aliphatic rings. The number of fused-ring (bicyclic) bond motifs is 3. The van der Waals surface area contributed by atoms with E-state index in [1.807, 2.05) is 30.3 Å². The van der Waals surface area contributed by atoms with Gasteiger partial charge in [-0.3, -0.25) is 4.99 Å². The van der Waals surface area contributed by atoms with Crippen LogP contribution in [0, 0.1) is 0 Å². The zero-order valence-corrected chi connectivity index (χ0v) is 10.2. The lowest BCUT2D eigenvalue weighted by molar-refractivity contribution is 0.145. The highest BCUT2D eigenvalue weighted by molar-refractivity contribution is 6.61. The highest BCUT2D eigenvalue weighted by Gasteiger charge is 2.32. The molecule has 2 unspecified atom stereocenters. The van der Waals surface area contributed by atoms with Gasteiger partial charge < -0.3 is 15.3 Å². The summed E-state index contributed by atoms with van der Waals surface area (Å²) >= 11 is 0. The molecule has 0 fully saturated rings. The Balaban J connectivity index is 2.11. The molecule has 0 aliphatic carbocycles. The summed E-state index contributed by atoms with van der Waals surface area (Å²) in [6.07, 6.45) is 0.768. The smallest absolute Gasteiger partial charge is 0.121 e. The van der Waals surface area contributed by atoms with Gasteiger partial charge in [-0.1, -0.05) is 18.2 Å². The van der Waals surface area contributed by atoms with Crippen molar-refractivity contribution in [3.63, 3.8) is 0 Å². The van der Waals surface area contributed by atoms with Gasteiger partial charge in [0.2, 0.25) is 0 Å². The molecule has 2 aliphatic heterocycles. The van der Waals surface area contributed by atoms with Crippen molar-refractivity contribution in [3.05, 3.63) is 35.9 Å². The van der Waals surface area contributed by atoms with E-state index in [2.05, 4.69) is 9.98 Å². The molecule has 2 heterocycles. The van der Waals surface area contributed by atoms with Crippen LogP contribution in [0.3, 0.4) is 0 Å². The topological polar surface area (TPSA) is 85.4 Å². The van der Waals surface area contributed by atoms with Gasteiger partial charge in [-0.05, 0) is 12.1 Å². The lowest BCUT2D eigenvalue weighted by Gasteiger charge is -2.20. The van der Waals surface area contributed by atoms with E-state index in [1.54, 1.807) is 0 Å². The number of dihydropyridines is 1. The summed E-state index contributed by atoms with van der Waals surface area (Å²) in [6, 6.07) is 7.24. The Morgan fingerprint density at radius 3 is 2.74 bits per heavy atom. The third-order valence-corrected chi connectivity index (χ3v) is 3.26. The first-order valence-corrected chi connectivity index (χ1v) is 6.12. The summed E-state index contributed by atoms with van der Waals surface area (Å²) in [4.78, 5) is 8.70. The van der Waals surface area contributed by atoms with Gasteiger partial charge in [0, 0.05) is 11.1 Å². The first kappa shape index (κ1) is 12.2. The van der Waals surface area contributed by atoms with E-state index in [-0.39, 0.29) is 6.61 Å². The predicted molar refractivity (Wildman–Crippen MR) is 72.9 cm³/mol. The lowest BCUT2D eigenvalue weighted by Crippen LogP contribution is -2.35. The molecule has 5 nitrogen and oxygen atoms in total. The normalized spacial score (nSPS) is 22.1. The van der Waals surface area contributed by atoms with Gasteiger partial charge >= 0.3 is 0 Å². The van der Waals surface area contributed by atoms with Gasteiger partial charge in [-0.2, -0.15) is 0 Å². The van der Waals surface area contributed by atoms with Gasteiger partial charge in [0.15, 0.2) is 0 Å². The van der Waals surface area contributed by atoms with E-state index < -0.39 is 18.8 Å². The number of nitrogens with zero attached hydrogens (tertiary/aromatic N) is 2. The highest BCUT2D eigenvalue weighted by atomic mass is 16.3. The van der Waals surface area contributed by atoms with Crippen molar-refractivity contribution in [2.24, 2.45) is 9.98 Å². The Morgan fingerprint density at radius 1 is 1.21 bits per heavy atom. The molecule has 3 N–H and O–H groups in total. The minimum atomic E-state index is -1.08. The summed E-state index contributed by atoms with van der Waals surface area (Å²) in [5.41, 5.74) is 3.59. The molecular weight excluding hydrogens is 244 g/mol. The maximum absolute atomic E-state index is 9.85. The van der Waals surface area contributed by atoms with Crippen molar-refractivity contribution in [3.8, 4) is 0 Å². The summed E-state index contributed by atoms with van der Waals surface area (Å²) < 4.78 is 0.